The fourth-order valence-electron chi connectivity index (χ4n) is 2.31. The van der Waals surface area contributed by atoms with Gasteiger partial charge in [0.2, 0.25) is 5.91 Å². The summed E-state index contributed by atoms with van der Waals surface area (Å²) in [6, 6.07) is 4.09. The monoisotopic (exact) mass is 290 g/mol. The summed E-state index contributed by atoms with van der Waals surface area (Å²) in [6.45, 7) is 1.86. The fourth-order valence-corrected chi connectivity index (χ4v) is 2.31. The van der Waals surface area contributed by atoms with Crippen LogP contribution < -0.4 is 10.6 Å². The van der Waals surface area contributed by atoms with Crippen molar-refractivity contribution in [3.8, 4) is 0 Å². The SMILES string of the molecule is CCC[C@@H](NC(=O)c1ccc2c(c1)CCC(=O)N2)C(=O)O. The van der Waals surface area contributed by atoms with E-state index in [0.29, 0.717) is 36.9 Å². The van der Waals surface area contributed by atoms with Crippen LogP contribution in [0, 0.1) is 0 Å². The van der Waals surface area contributed by atoms with E-state index >= 15 is 0 Å². The zero-order valence-electron chi connectivity index (χ0n) is 11.8. The minimum absolute atomic E-state index is 0.0337. The maximum absolute atomic E-state index is 12.1. The number of fused-ring (bicyclic) bond motifs is 1. The summed E-state index contributed by atoms with van der Waals surface area (Å²) in [7, 11) is 0. The number of aryl methyl sites for hydroxylation is 1. The van der Waals surface area contributed by atoms with Crippen molar-refractivity contribution < 1.29 is 19.5 Å². The van der Waals surface area contributed by atoms with Gasteiger partial charge in [-0.1, -0.05) is 13.3 Å². The van der Waals surface area contributed by atoms with Gasteiger partial charge in [0.25, 0.3) is 5.91 Å². The van der Waals surface area contributed by atoms with Crippen LogP contribution in [0.2, 0.25) is 0 Å². The van der Waals surface area contributed by atoms with Crippen molar-refractivity contribution in [1.82, 2.24) is 5.32 Å². The second kappa shape index (κ2) is 6.39. The molecular formula is C15H18N2O4. The van der Waals surface area contributed by atoms with Gasteiger partial charge >= 0.3 is 5.97 Å². The fraction of sp³-hybridized carbons (Fsp3) is 0.400. The van der Waals surface area contributed by atoms with Crippen LogP contribution in [0.15, 0.2) is 18.2 Å². The summed E-state index contributed by atoms with van der Waals surface area (Å²) >= 11 is 0. The van der Waals surface area contributed by atoms with Gasteiger partial charge in [0.15, 0.2) is 0 Å². The van der Waals surface area contributed by atoms with Crippen LogP contribution in [0.3, 0.4) is 0 Å². The van der Waals surface area contributed by atoms with Gasteiger partial charge in [-0.05, 0) is 36.6 Å². The number of carbonyl (C=O) groups excluding carboxylic acids is 2. The molecule has 0 saturated heterocycles. The van der Waals surface area contributed by atoms with Gasteiger partial charge in [-0.2, -0.15) is 0 Å². The third-order valence-electron chi connectivity index (χ3n) is 3.44. The summed E-state index contributed by atoms with van der Waals surface area (Å²) in [5.74, 6) is -1.47. The van der Waals surface area contributed by atoms with Crippen LogP contribution in [-0.4, -0.2) is 28.9 Å². The first-order valence-electron chi connectivity index (χ1n) is 6.97. The number of nitrogens with one attached hydrogen (secondary N) is 2. The molecule has 1 aliphatic rings. The lowest BCUT2D eigenvalue weighted by atomic mass is 10.00. The Morgan fingerprint density at radius 1 is 1.38 bits per heavy atom. The number of aliphatic carboxylic acids is 1. The number of benzene rings is 1. The molecule has 0 aromatic heterocycles. The molecule has 3 N–H and O–H groups in total. The van der Waals surface area contributed by atoms with Gasteiger partial charge in [-0.3, -0.25) is 9.59 Å². The molecule has 0 bridgehead atoms. The summed E-state index contributed by atoms with van der Waals surface area (Å²) in [6.07, 6.45) is 2.04. The van der Waals surface area contributed by atoms with Crippen molar-refractivity contribution in [2.45, 2.75) is 38.6 Å². The lowest BCUT2D eigenvalue weighted by molar-refractivity contribution is -0.139. The summed E-state index contributed by atoms with van der Waals surface area (Å²) in [4.78, 5) is 34.5. The Kier molecular flexibility index (Phi) is 4.57. The van der Waals surface area contributed by atoms with Crippen molar-refractivity contribution in [3.05, 3.63) is 29.3 Å². The molecule has 0 aliphatic carbocycles. The molecule has 1 aromatic rings. The second-order valence-corrected chi connectivity index (χ2v) is 5.07. The maximum Gasteiger partial charge on any atom is 0.326 e. The first kappa shape index (κ1) is 15.0. The number of carbonyl (C=O) groups is 3. The number of hydrogen-bond donors (Lipinski definition) is 3. The number of carboxylic acids is 1. The molecule has 0 fully saturated rings. The summed E-state index contributed by atoms with van der Waals surface area (Å²) < 4.78 is 0. The third-order valence-corrected chi connectivity index (χ3v) is 3.44. The quantitative estimate of drug-likeness (QED) is 0.766. The molecule has 2 amide bonds. The minimum Gasteiger partial charge on any atom is -0.480 e. The molecular weight excluding hydrogens is 272 g/mol. The number of rotatable bonds is 5. The highest BCUT2D eigenvalue weighted by atomic mass is 16.4. The van der Waals surface area contributed by atoms with E-state index in [1.54, 1.807) is 18.2 Å². The van der Waals surface area contributed by atoms with Gasteiger partial charge in [0.05, 0.1) is 0 Å². The first-order valence-corrected chi connectivity index (χ1v) is 6.97. The van der Waals surface area contributed by atoms with E-state index in [1.807, 2.05) is 6.92 Å². The lowest BCUT2D eigenvalue weighted by Crippen LogP contribution is -2.40. The molecule has 1 heterocycles. The standard InChI is InChI=1S/C15H18N2O4/c1-2-3-12(15(20)21)17-14(19)10-4-6-11-9(8-10)5-7-13(18)16-11/h4,6,8,12H,2-3,5,7H2,1H3,(H,16,18)(H,17,19)(H,20,21)/t12-/m1/s1. The Balaban J connectivity index is 2.13. The van der Waals surface area contributed by atoms with E-state index in [0.717, 1.165) is 5.56 Å². The Labute approximate surface area is 122 Å². The highest BCUT2D eigenvalue weighted by Gasteiger charge is 2.21. The van der Waals surface area contributed by atoms with E-state index < -0.39 is 17.9 Å². The smallest absolute Gasteiger partial charge is 0.326 e. The van der Waals surface area contributed by atoms with Crippen LogP contribution in [0.1, 0.15) is 42.1 Å². The zero-order valence-corrected chi connectivity index (χ0v) is 11.8. The Morgan fingerprint density at radius 3 is 2.81 bits per heavy atom. The van der Waals surface area contributed by atoms with Crippen molar-refractivity contribution >= 4 is 23.5 Å². The number of carboxylic acid groups (broad SMARTS) is 1. The molecule has 0 unspecified atom stereocenters. The molecule has 1 aromatic carbocycles. The van der Waals surface area contributed by atoms with E-state index in [9.17, 15) is 14.4 Å². The van der Waals surface area contributed by atoms with Crippen LogP contribution in [0.4, 0.5) is 5.69 Å². The van der Waals surface area contributed by atoms with Crippen LogP contribution in [0.5, 0.6) is 0 Å². The number of anilines is 1. The first-order chi connectivity index (χ1) is 10.0. The van der Waals surface area contributed by atoms with Crippen LogP contribution in [0.25, 0.3) is 0 Å². The average molecular weight is 290 g/mol. The van der Waals surface area contributed by atoms with Gasteiger partial charge in [0.1, 0.15) is 6.04 Å². The normalized spacial score (nSPS) is 14.8. The van der Waals surface area contributed by atoms with Crippen LogP contribution >= 0.6 is 0 Å². The highest BCUT2D eigenvalue weighted by Crippen LogP contribution is 2.23. The largest absolute Gasteiger partial charge is 0.480 e. The van der Waals surface area contributed by atoms with Crippen molar-refractivity contribution in [1.29, 1.82) is 0 Å². The van der Waals surface area contributed by atoms with Gasteiger partial charge in [0, 0.05) is 17.7 Å². The number of amides is 2. The van der Waals surface area contributed by atoms with E-state index in [1.165, 1.54) is 0 Å². The Morgan fingerprint density at radius 2 is 2.14 bits per heavy atom. The van der Waals surface area contributed by atoms with Crippen molar-refractivity contribution in [2.75, 3.05) is 5.32 Å². The highest BCUT2D eigenvalue weighted by molar-refractivity contribution is 5.99. The van der Waals surface area contributed by atoms with Crippen molar-refractivity contribution in [3.63, 3.8) is 0 Å². The zero-order chi connectivity index (χ0) is 15.4. The third kappa shape index (κ3) is 3.59. The van der Waals surface area contributed by atoms with E-state index in [-0.39, 0.29) is 5.91 Å². The van der Waals surface area contributed by atoms with E-state index in [2.05, 4.69) is 10.6 Å². The topological polar surface area (TPSA) is 95.5 Å². The van der Waals surface area contributed by atoms with Crippen LogP contribution in [-0.2, 0) is 16.0 Å². The average Bonchev–Trinajstić information content (AvgIpc) is 2.45. The summed E-state index contributed by atoms with van der Waals surface area (Å²) in [5, 5.41) is 14.3. The minimum atomic E-state index is -1.03. The molecule has 1 aliphatic heterocycles. The van der Waals surface area contributed by atoms with Gasteiger partial charge < -0.3 is 15.7 Å². The Bertz CT molecular complexity index is 583. The molecule has 112 valence electrons. The molecule has 0 spiro atoms. The Hall–Kier alpha value is -2.37. The predicted octanol–water partition coefficient (Wildman–Crippen LogP) is 1.55. The van der Waals surface area contributed by atoms with Gasteiger partial charge in [-0.25, -0.2) is 4.79 Å². The molecule has 0 radical (unpaired) electrons. The molecule has 21 heavy (non-hydrogen) atoms. The molecule has 6 heteroatoms. The van der Waals surface area contributed by atoms with Crippen molar-refractivity contribution in [2.24, 2.45) is 0 Å². The molecule has 0 saturated carbocycles. The lowest BCUT2D eigenvalue weighted by Gasteiger charge is -2.18. The summed E-state index contributed by atoms with van der Waals surface area (Å²) in [5.41, 5.74) is 2.02. The van der Waals surface area contributed by atoms with E-state index in [4.69, 9.17) is 5.11 Å². The molecule has 2 rings (SSSR count). The second-order valence-electron chi connectivity index (χ2n) is 5.07. The maximum atomic E-state index is 12.1. The molecule has 6 nitrogen and oxygen atoms in total. The van der Waals surface area contributed by atoms with Gasteiger partial charge in [-0.15, -0.1) is 0 Å². The molecule has 1 atom stereocenters. The predicted molar refractivity (Wildman–Crippen MR) is 77.2 cm³/mol. The number of hydrogen-bond acceptors (Lipinski definition) is 3.